The molecule has 0 amide bonds. The summed E-state index contributed by atoms with van der Waals surface area (Å²) in [5.41, 5.74) is 25.3. The predicted octanol–water partition coefficient (Wildman–Crippen LogP) is 27.5. The van der Waals surface area contributed by atoms with Crippen molar-refractivity contribution in [1.82, 2.24) is 56.3 Å². The fourth-order valence-electron chi connectivity index (χ4n) is 20.5. The minimum absolute atomic E-state index is 0. The van der Waals surface area contributed by atoms with Crippen molar-refractivity contribution in [1.29, 1.82) is 0 Å². The zero-order chi connectivity index (χ0) is 84.8. The van der Waals surface area contributed by atoms with Gasteiger partial charge in [0.2, 0.25) is 0 Å². The van der Waals surface area contributed by atoms with Crippen LogP contribution in [0, 0.1) is 77.9 Å². The number of ether oxygens (including phenoxy) is 3. The van der Waals surface area contributed by atoms with E-state index >= 15 is 0 Å². The first-order valence-corrected chi connectivity index (χ1v) is 42.8. The van der Waals surface area contributed by atoms with Crippen LogP contribution in [0.15, 0.2) is 273 Å². The molecular weight excluding hydrogens is 2150 g/mol. The second-order valence-electron chi connectivity index (χ2n) is 34.5. The monoisotopic (exact) mass is 2220 g/mol. The van der Waals surface area contributed by atoms with Crippen molar-refractivity contribution in [3.63, 3.8) is 0 Å². The molecule has 0 atom stereocenters. The summed E-state index contributed by atoms with van der Waals surface area (Å²) in [7, 11) is 0. The summed E-state index contributed by atoms with van der Waals surface area (Å²) in [6.07, 6.45) is 5.67. The van der Waals surface area contributed by atoms with Crippen molar-refractivity contribution in [2.24, 2.45) is 0 Å². The van der Waals surface area contributed by atoms with Gasteiger partial charge in [-0.3, -0.25) is 15.0 Å². The molecule has 13 aromatic carbocycles. The molecule has 0 spiro atoms. The third-order valence-electron chi connectivity index (χ3n) is 26.4. The molecule has 0 N–H and O–H groups in total. The molecule has 15 aromatic heterocycles. The van der Waals surface area contributed by atoms with E-state index in [0.29, 0.717) is 34.5 Å². The molecule has 0 saturated heterocycles. The number of aryl methyl sites for hydroxylation is 6. The Balaban J connectivity index is 0.000000110. The summed E-state index contributed by atoms with van der Waals surface area (Å²) >= 11 is 0. The minimum Gasteiger partial charge on any atom is -0.503 e. The van der Waals surface area contributed by atoms with Gasteiger partial charge in [-0.25, -0.2) is 15.0 Å². The van der Waals surface area contributed by atoms with Crippen molar-refractivity contribution in [2.45, 2.75) is 67.7 Å². The van der Waals surface area contributed by atoms with Crippen LogP contribution in [0.2, 0.25) is 0 Å². The normalized spacial score (nSPS) is 12.2. The van der Waals surface area contributed by atoms with Gasteiger partial charge in [-0.2, -0.15) is 18.2 Å². The quantitative estimate of drug-likeness (QED) is 0.113. The van der Waals surface area contributed by atoms with Gasteiger partial charge in [0.25, 0.3) is 0 Å². The van der Waals surface area contributed by atoms with Crippen LogP contribution >= 0.6 is 0 Å². The van der Waals surface area contributed by atoms with Crippen molar-refractivity contribution in [3.8, 4) is 45.6 Å². The molecule has 628 valence electrons. The molecule has 0 fully saturated rings. The van der Waals surface area contributed by atoms with Gasteiger partial charge < -0.3 is 40.6 Å². The molecule has 0 radical (unpaired) electrons. The Bertz CT molecular complexity index is 9610. The van der Waals surface area contributed by atoms with Gasteiger partial charge in [0.05, 0.1) is 16.9 Å². The van der Waals surface area contributed by atoms with Crippen LogP contribution in [-0.4, -0.2) is 56.3 Å². The van der Waals surface area contributed by atoms with Crippen LogP contribution in [0.25, 0.3) is 208 Å². The van der Waals surface area contributed by atoms with Gasteiger partial charge in [-0.15, -0.1) is 89.0 Å². The fraction of sp³-hybridized carbons (Fsp3) is 0.0893. The maximum atomic E-state index is 6.50. The summed E-state index contributed by atoms with van der Waals surface area (Å²) in [5.74, 6) is 3.78. The number of fused-ring (bicyclic) bond motifs is 36. The number of pyridine rings is 6. The van der Waals surface area contributed by atoms with Gasteiger partial charge in [0.15, 0.2) is 0 Å². The molecule has 0 unspecified atom stereocenters. The number of rotatable bonds is 7. The Hall–Kier alpha value is -14.2. The Morgan fingerprint density at radius 1 is 0.254 bits per heavy atom. The molecule has 28 rings (SSSR count). The number of benzene rings is 13. The molecule has 0 saturated carbocycles. The van der Waals surface area contributed by atoms with Gasteiger partial charge in [0, 0.05) is 153 Å². The van der Waals surface area contributed by atoms with Crippen LogP contribution in [0.4, 0.5) is 0 Å². The van der Waals surface area contributed by atoms with E-state index < -0.39 is 0 Å². The predicted molar refractivity (Wildman–Crippen MR) is 513 cm³/mol. The van der Waals surface area contributed by atoms with E-state index in [1.54, 1.807) is 0 Å². The van der Waals surface area contributed by atoms with Crippen LogP contribution in [0.5, 0.6) is 34.5 Å². The molecule has 0 aliphatic rings. The minimum atomic E-state index is -0.0123. The Kier molecular flexibility index (Phi) is 18.5. The van der Waals surface area contributed by atoms with Crippen LogP contribution in [0.1, 0.15) is 60.5 Å². The van der Waals surface area contributed by atoms with Crippen LogP contribution in [0.3, 0.4) is 0 Å². The zero-order valence-corrected chi connectivity index (χ0v) is 78.3. The SMILES string of the molecule is Cc1nc2c3[c-]c(Oc4[c-]c5c(cc4)c4cccc6c7c(-c8ccccc8)ccnc7n5c46)ccc3c3ccccc3n2c1C.Cc1nc2c3[c-]c(Oc4[c-]c5c(cc4)c4cccc6c7c(C(C)(C)C)ccnc7n5c46)ccc3c3ccccc3n2c1C.Cc1nc2c3[c-]c(Oc4[c-]c5c(cc4)c4cccc6c7cccnc7n5c46)ccc3c3ccccc3n2c1C.[Pt+2].[Pt+2].[Pt+2]. The number of aromatic nitrogens is 12. The molecule has 15 heterocycles. The van der Waals surface area contributed by atoms with E-state index in [1.807, 2.05) is 67.1 Å². The molecule has 130 heavy (non-hydrogen) atoms. The molecule has 28 aromatic rings. The maximum absolute atomic E-state index is 6.50. The zero-order valence-electron chi connectivity index (χ0n) is 71.5. The third-order valence-corrected chi connectivity index (χ3v) is 26.4. The van der Waals surface area contributed by atoms with E-state index in [9.17, 15) is 0 Å². The number of para-hydroxylation sites is 6. The Morgan fingerprint density at radius 2 is 0.577 bits per heavy atom. The topological polar surface area (TPSA) is 131 Å². The van der Waals surface area contributed by atoms with E-state index in [-0.39, 0.29) is 68.6 Å². The number of hydrogen-bond donors (Lipinski definition) is 0. The number of hydrogen-bond acceptors (Lipinski definition) is 9. The van der Waals surface area contributed by atoms with Gasteiger partial charge >= 0.3 is 63.2 Å². The molecule has 0 bridgehead atoms. The van der Waals surface area contributed by atoms with Gasteiger partial charge in [-0.1, -0.05) is 227 Å². The van der Waals surface area contributed by atoms with Gasteiger partial charge in [-0.05, 0) is 138 Å². The van der Waals surface area contributed by atoms with Crippen LogP contribution in [-0.2, 0) is 68.6 Å². The molecule has 18 heteroatoms. The Morgan fingerprint density at radius 3 is 1.00 bits per heavy atom. The first-order valence-electron chi connectivity index (χ1n) is 42.8. The summed E-state index contributed by atoms with van der Waals surface area (Å²) < 4.78 is 32.8. The summed E-state index contributed by atoms with van der Waals surface area (Å²) in [6.45, 7) is 19.3. The first-order chi connectivity index (χ1) is 62.1. The van der Waals surface area contributed by atoms with E-state index in [4.69, 9.17) is 44.1 Å². The van der Waals surface area contributed by atoms with Crippen molar-refractivity contribution in [2.75, 3.05) is 0 Å². The largest absolute Gasteiger partial charge is 2.00 e. The van der Waals surface area contributed by atoms with Gasteiger partial charge in [0.1, 0.15) is 16.9 Å². The second kappa shape index (κ2) is 30.0. The summed E-state index contributed by atoms with van der Waals surface area (Å²) in [6, 6.07) is 110. The smallest absolute Gasteiger partial charge is 0.503 e. The maximum Gasteiger partial charge on any atom is 2.00 e. The van der Waals surface area contributed by atoms with Crippen LogP contribution < -0.4 is 14.2 Å². The van der Waals surface area contributed by atoms with E-state index in [1.165, 1.54) is 76.2 Å². The molecule has 15 nitrogen and oxygen atoms in total. The van der Waals surface area contributed by atoms with Crippen molar-refractivity contribution < 1.29 is 77.4 Å². The first kappa shape index (κ1) is 80.4. The second-order valence-corrected chi connectivity index (χ2v) is 34.5. The van der Waals surface area contributed by atoms with Crippen molar-refractivity contribution >= 4 is 197 Å². The van der Waals surface area contributed by atoms with E-state index in [2.05, 4.69) is 331 Å². The Labute approximate surface area is 786 Å². The number of imidazole rings is 3. The summed E-state index contributed by atoms with van der Waals surface area (Å²) in [5, 5.41) is 23.7. The molecule has 0 aliphatic heterocycles. The molecule has 0 aliphatic carbocycles. The standard InChI is InChI=1S/C40H24N4O.C38H28N4O.C34H20N4O.3Pt/c1-23-24(2)43-35-14-7-6-11-30(35)29-17-15-26(21-34(29)39(43)42-23)45-27-16-18-31-32-12-8-13-33-37-28(25-9-4-3-5-10-25)19-20-41-40(37)44(38(32)33)36(31)22-27;1-21-22(2)41-32-12-7-6-9-26(32)25-15-13-23(19-30(25)36(41)40-21)43-24-14-16-27-28-10-8-11-29-34-31(38(3,4)5)17-18-39-37(34)42(35(28)29)33(27)20-24;1-19-20(2)37-30-11-4-3-7-24(30)23-14-12-21(17-29(23)34(37)36-19)39-22-13-15-25-26-8-5-9-27-28-10-6-16-35-33(28)38(32(26)27)31(25)18-22;;;/h3-20H,1-2H3;6-18H,1-5H3;3-16H,1-2H3;;;/q3*-2;3*+2. The van der Waals surface area contributed by atoms with E-state index in [0.717, 1.165) is 171 Å². The summed E-state index contributed by atoms with van der Waals surface area (Å²) in [4.78, 5) is 29.3. The number of nitrogens with zero attached hydrogens (tertiary/aromatic N) is 12. The fourth-order valence-corrected chi connectivity index (χ4v) is 20.5. The average molecular weight is 2220 g/mol. The molecular formula is C112H72N12O3Pt3. The third kappa shape index (κ3) is 11.7. The van der Waals surface area contributed by atoms with Crippen molar-refractivity contribution in [3.05, 3.63) is 350 Å². The average Bonchev–Trinajstić information content (AvgIpc) is 1.53.